The number of likely N-dealkylation sites (N-methyl/N-ethyl adjacent to an activating group) is 1. The second-order valence-electron chi connectivity index (χ2n) is 3.34. The summed E-state index contributed by atoms with van der Waals surface area (Å²) in [5.74, 6) is 0. The maximum absolute atomic E-state index is 5.42. The molecule has 2 nitrogen and oxygen atoms in total. The minimum atomic E-state index is 0.390. The molecule has 0 spiro atoms. The highest BCUT2D eigenvalue weighted by Crippen LogP contribution is 2.05. The van der Waals surface area contributed by atoms with Gasteiger partial charge in [0.25, 0.3) is 0 Å². The molecule has 0 fully saturated rings. The van der Waals surface area contributed by atoms with Crippen LogP contribution >= 0.6 is 0 Å². The Bertz CT molecular complexity index is 102. The Morgan fingerprint density at radius 3 is 2.31 bits per heavy atom. The van der Waals surface area contributed by atoms with Crippen LogP contribution in [-0.2, 0) is 4.74 Å². The van der Waals surface area contributed by atoms with Gasteiger partial charge in [0.1, 0.15) is 0 Å². The van der Waals surface area contributed by atoms with Gasteiger partial charge < -0.3 is 9.64 Å². The zero-order chi connectivity index (χ0) is 10.1. The summed E-state index contributed by atoms with van der Waals surface area (Å²) in [6.45, 7) is 11.5. The third-order valence-electron chi connectivity index (χ3n) is 2.47. The van der Waals surface area contributed by atoms with Crippen LogP contribution in [0.4, 0.5) is 0 Å². The third kappa shape index (κ3) is 6.05. The first-order valence-corrected chi connectivity index (χ1v) is 5.32. The quantitative estimate of drug-likeness (QED) is 0.577. The summed E-state index contributed by atoms with van der Waals surface area (Å²) in [7, 11) is 1.80. The lowest BCUT2D eigenvalue weighted by molar-refractivity contribution is 0.0597. The monoisotopic (exact) mass is 186 g/mol. The van der Waals surface area contributed by atoms with Gasteiger partial charge in [-0.05, 0) is 19.5 Å². The maximum atomic E-state index is 5.42. The number of ether oxygens (including phenoxy) is 1. The molecule has 0 aromatic rings. The molecule has 0 saturated heterocycles. The number of hydrogen-bond acceptors (Lipinski definition) is 2. The first kappa shape index (κ1) is 12.9. The van der Waals surface area contributed by atoms with Crippen LogP contribution in [0.3, 0.4) is 0 Å². The molecular weight excluding hydrogens is 162 g/mol. The predicted octanol–water partition coefficient (Wildman–Crippen LogP) is 2.35. The topological polar surface area (TPSA) is 12.5 Å². The smallest absolute Gasteiger partial charge is 0.0698 e. The van der Waals surface area contributed by atoms with Crippen molar-refractivity contribution in [1.29, 1.82) is 0 Å². The maximum Gasteiger partial charge on any atom is 0.0698 e. The van der Waals surface area contributed by atoms with Crippen LogP contribution in [-0.4, -0.2) is 37.7 Å². The molecule has 0 amide bonds. The zero-order valence-electron chi connectivity index (χ0n) is 9.38. The summed E-state index contributed by atoms with van der Waals surface area (Å²) < 4.78 is 5.42. The lowest BCUT2D eigenvalue weighted by atomic mass is 10.1. The van der Waals surface area contributed by atoms with Gasteiger partial charge in [-0.2, -0.15) is 0 Å². The number of nitrogens with zero attached hydrogens (tertiary/aromatic N) is 1. The van der Waals surface area contributed by atoms with Crippen molar-refractivity contribution in [3.05, 3.63) is 6.92 Å². The summed E-state index contributed by atoms with van der Waals surface area (Å²) in [4.78, 5) is 2.40. The Morgan fingerprint density at radius 1 is 1.31 bits per heavy atom. The van der Waals surface area contributed by atoms with E-state index in [4.69, 9.17) is 4.74 Å². The fourth-order valence-electron chi connectivity index (χ4n) is 1.43. The Balaban J connectivity index is 3.67. The Labute approximate surface area is 83.3 Å². The van der Waals surface area contributed by atoms with Gasteiger partial charge in [-0.15, -0.1) is 0 Å². The van der Waals surface area contributed by atoms with Gasteiger partial charge in [0.05, 0.1) is 6.10 Å². The van der Waals surface area contributed by atoms with Crippen molar-refractivity contribution in [2.24, 2.45) is 0 Å². The largest absolute Gasteiger partial charge is 0.380 e. The van der Waals surface area contributed by atoms with E-state index in [1.54, 1.807) is 7.11 Å². The van der Waals surface area contributed by atoms with E-state index in [-0.39, 0.29) is 0 Å². The number of rotatable bonds is 8. The molecule has 1 radical (unpaired) electrons. The molecular formula is C11H24NO. The molecule has 0 N–H and O–H groups in total. The van der Waals surface area contributed by atoms with Gasteiger partial charge in [-0.25, -0.2) is 0 Å². The molecule has 0 aliphatic carbocycles. The van der Waals surface area contributed by atoms with E-state index >= 15 is 0 Å². The van der Waals surface area contributed by atoms with E-state index in [0.717, 1.165) is 32.5 Å². The van der Waals surface area contributed by atoms with Gasteiger partial charge >= 0.3 is 0 Å². The van der Waals surface area contributed by atoms with Gasteiger partial charge in [0, 0.05) is 13.7 Å². The van der Waals surface area contributed by atoms with Crippen molar-refractivity contribution in [1.82, 2.24) is 4.90 Å². The summed E-state index contributed by atoms with van der Waals surface area (Å²) in [6.07, 6.45) is 3.70. The van der Waals surface area contributed by atoms with E-state index in [0.29, 0.717) is 6.10 Å². The van der Waals surface area contributed by atoms with Crippen LogP contribution in [0.1, 0.15) is 33.1 Å². The fraction of sp³-hybridized carbons (Fsp3) is 0.909. The fourth-order valence-corrected chi connectivity index (χ4v) is 1.43. The molecule has 0 aliphatic rings. The minimum absolute atomic E-state index is 0.390. The lowest BCUT2D eigenvalue weighted by Gasteiger charge is -2.24. The molecule has 0 aromatic carbocycles. The molecule has 2 heteroatoms. The first-order chi connectivity index (χ1) is 6.28. The molecule has 0 aliphatic heterocycles. The highest BCUT2D eigenvalue weighted by Gasteiger charge is 2.10. The van der Waals surface area contributed by atoms with Crippen molar-refractivity contribution in [3.8, 4) is 0 Å². The molecule has 79 valence electrons. The molecule has 0 aromatic heterocycles. The normalized spacial score (nSPS) is 13.6. The number of hydrogen-bond donors (Lipinski definition) is 0. The van der Waals surface area contributed by atoms with Crippen LogP contribution in [0.2, 0.25) is 0 Å². The molecule has 0 saturated carbocycles. The summed E-state index contributed by atoms with van der Waals surface area (Å²) in [5, 5.41) is 0. The molecule has 1 unspecified atom stereocenters. The average Bonchev–Trinajstić information content (AvgIpc) is 2.19. The van der Waals surface area contributed by atoms with Crippen molar-refractivity contribution >= 4 is 0 Å². The third-order valence-corrected chi connectivity index (χ3v) is 2.47. The molecule has 0 heterocycles. The summed E-state index contributed by atoms with van der Waals surface area (Å²) >= 11 is 0. The second-order valence-corrected chi connectivity index (χ2v) is 3.34. The van der Waals surface area contributed by atoms with E-state index in [2.05, 4.69) is 25.7 Å². The standard InChI is InChI=1S/C11H24NO/c1-5-8-9-11(13-4)10-12(6-2)7-3/h11H,1,5-10H2,2-4H3. The lowest BCUT2D eigenvalue weighted by Crippen LogP contribution is -2.33. The first-order valence-electron chi connectivity index (χ1n) is 5.32. The van der Waals surface area contributed by atoms with E-state index in [1.165, 1.54) is 6.42 Å². The van der Waals surface area contributed by atoms with Crippen LogP contribution in [0.25, 0.3) is 0 Å². The van der Waals surface area contributed by atoms with E-state index in [9.17, 15) is 0 Å². The molecule has 0 bridgehead atoms. The van der Waals surface area contributed by atoms with E-state index in [1.807, 2.05) is 0 Å². The molecule has 0 rings (SSSR count). The predicted molar refractivity (Wildman–Crippen MR) is 57.8 cm³/mol. The second kappa shape index (κ2) is 8.52. The average molecular weight is 186 g/mol. The van der Waals surface area contributed by atoms with Crippen molar-refractivity contribution in [2.45, 2.75) is 39.2 Å². The number of methoxy groups -OCH3 is 1. The Morgan fingerprint density at radius 2 is 1.92 bits per heavy atom. The van der Waals surface area contributed by atoms with Crippen LogP contribution in [0.5, 0.6) is 0 Å². The Kier molecular flexibility index (Phi) is 8.46. The van der Waals surface area contributed by atoms with Crippen LogP contribution in [0.15, 0.2) is 0 Å². The van der Waals surface area contributed by atoms with E-state index < -0.39 is 0 Å². The Hall–Kier alpha value is -0.0800. The van der Waals surface area contributed by atoms with Crippen molar-refractivity contribution < 1.29 is 4.74 Å². The molecule has 13 heavy (non-hydrogen) atoms. The van der Waals surface area contributed by atoms with Crippen LogP contribution in [0, 0.1) is 6.92 Å². The highest BCUT2D eigenvalue weighted by molar-refractivity contribution is 4.64. The summed E-state index contributed by atoms with van der Waals surface area (Å²) in [5.41, 5.74) is 0. The zero-order valence-corrected chi connectivity index (χ0v) is 9.38. The SMILES string of the molecule is [CH2]CCCC(CN(CC)CC)OC. The highest BCUT2D eigenvalue weighted by atomic mass is 16.5. The summed E-state index contributed by atoms with van der Waals surface area (Å²) in [6, 6.07) is 0. The number of unbranched alkanes of at least 4 members (excludes halogenated alkanes) is 1. The van der Waals surface area contributed by atoms with Gasteiger partial charge in [0.15, 0.2) is 0 Å². The van der Waals surface area contributed by atoms with Gasteiger partial charge in [0.2, 0.25) is 0 Å². The van der Waals surface area contributed by atoms with Gasteiger partial charge in [-0.3, -0.25) is 0 Å². The van der Waals surface area contributed by atoms with Crippen LogP contribution < -0.4 is 0 Å². The molecule has 1 atom stereocenters. The van der Waals surface area contributed by atoms with Gasteiger partial charge in [-0.1, -0.05) is 33.6 Å². The van der Waals surface area contributed by atoms with Crippen molar-refractivity contribution in [3.63, 3.8) is 0 Å². The minimum Gasteiger partial charge on any atom is -0.380 e. The van der Waals surface area contributed by atoms with Crippen molar-refractivity contribution in [2.75, 3.05) is 26.7 Å².